The van der Waals surface area contributed by atoms with Gasteiger partial charge in [0.05, 0.1) is 17.1 Å². The van der Waals surface area contributed by atoms with Crippen molar-refractivity contribution in [3.05, 3.63) is 102 Å². The second-order valence-electron chi connectivity index (χ2n) is 6.92. The summed E-state index contributed by atoms with van der Waals surface area (Å²) in [7, 11) is 0. The van der Waals surface area contributed by atoms with E-state index < -0.39 is 5.56 Å². The Bertz CT molecular complexity index is 1430. The molecule has 9 heteroatoms. The molecule has 3 aromatic carbocycles. The van der Waals surface area contributed by atoms with Gasteiger partial charge >= 0.3 is 0 Å². The van der Waals surface area contributed by atoms with Gasteiger partial charge in [-0.25, -0.2) is 0 Å². The number of rotatable bonds is 4. The lowest BCUT2D eigenvalue weighted by Crippen LogP contribution is -2.23. The molecule has 0 atom stereocenters. The molecule has 1 N–H and O–H groups in total. The van der Waals surface area contributed by atoms with Crippen LogP contribution in [0.15, 0.2) is 92.3 Å². The Kier molecular flexibility index (Phi) is 6.68. The minimum absolute atomic E-state index is 0.125. The Morgan fingerprint density at radius 2 is 1.44 bits per heavy atom. The summed E-state index contributed by atoms with van der Waals surface area (Å²) in [4.78, 5) is 13.4. The molecule has 0 unspecified atom stereocenters. The molecular formula is C23H16BrIN4O2S. The Balaban J connectivity index is 1.99. The molecule has 32 heavy (non-hydrogen) atoms. The van der Waals surface area contributed by atoms with E-state index in [2.05, 4.69) is 48.7 Å². The van der Waals surface area contributed by atoms with Crippen molar-refractivity contribution in [1.29, 1.82) is 0 Å². The molecule has 0 bridgehead atoms. The molecular weight excluding hydrogens is 603 g/mol. The molecule has 0 radical (unpaired) electrons. The van der Waals surface area contributed by atoms with Crippen molar-refractivity contribution in [3.63, 3.8) is 0 Å². The van der Waals surface area contributed by atoms with Gasteiger partial charge in [-0.15, -0.1) is 5.11 Å². The fourth-order valence-electron chi connectivity index (χ4n) is 3.03. The van der Waals surface area contributed by atoms with E-state index in [1.54, 1.807) is 24.3 Å². The number of aryl methyl sites for hydroxylation is 1. The zero-order valence-corrected chi connectivity index (χ0v) is 21.3. The highest BCUT2D eigenvalue weighted by molar-refractivity contribution is 14.1. The maximum Gasteiger partial charge on any atom is 0.290 e. The van der Waals surface area contributed by atoms with Crippen LogP contribution in [0, 0.1) is 15.3 Å². The molecule has 1 aromatic heterocycles. The third kappa shape index (κ3) is 4.59. The average molecular weight is 619 g/mol. The van der Waals surface area contributed by atoms with Crippen LogP contribution in [-0.2, 0) is 0 Å². The molecule has 0 saturated carbocycles. The van der Waals surface area contributed by atoms with Crippen LogP contribution < -0.4 is 5.56 Å². The van der Waals surface area contributed by atoms with Crippen LogP contribution in [-0.4, -0.2) is 14.2 Å². The molecule has 0 aliphatic heterocycles. The van der Waals surface area contributed by atoms with Crippen LogP contribution in [0.25, 0.3) is 11.4 Å². The van der Waals surface area contributed by atoms with E-state index in [0.717, 1.165) is 13.6 Å². The highest BCUT2D eigenvalue weighted by Crippen LogP contribution is 2.29. The van der Waals surface area contributed by atoms with Crippen molar-refractivity contribution < 1.29 is 5.11 Å². The predicted octanol–water partition coefficient (Wildman–Crippen LogP) is 7.15. The van der Waals surface area contributed by atoms with E-state index >= 15 is 0 Å². The molecule has 4 rings (SSSR count). The van der Waals surface area contributed by atoms with Crippen LogP contribution >= 0.6 is 50.7 Å². The molecule has 160 valence electrons. The quantitative estimate of drug-likeness (QED) is 0.150. The first kappa shape index (κ1) is 22.6. The van der Waals surface area contributed by atoms with Crippen molar-refractivity contribution >= 4 is 62.1 Å². The first-order valence-electron chi connectivity index (χ1n) is 9.46. The Hall–Kier alpha value is -2.63. The maximum absolute atomic E-state index is 13.4. The first-order valence-corrected chi connectivity index (χ1v) is 11.7. The largest absolute Gasteiger partial charge is 0.492 e. The first-order chi connectivity index (χ1) is 15.3. The normalized spacial score (nSPS) is 11.2. The molecule has 0 aliphatic rings. The molecule has 0 fully saturated rings. The smallest absolute Gasteiger partial charge is 0.290 e. The molecule has 0 amide bonds. The highest BCUT2D eigenvalue weighted by atomic mass is 127. The number of hydrogen-bond acceptors (Lipinski definition) is 5. The van der Waals surface area contributed by atoms with Crippen LogP contribution in [0.2, 0.25) is 0 Å². The summed E-state index contributed by atoms with van der Waals surface area (Å²) in [5.74, 6) is -0.369. The van der Waals surface area contributed by atoms with Crippen LogP contribution in [0.4, 0.5) is 11.4 Å². The third-order valence-electron chi connectivity index (χ3n) is 4.68. The molecule has 0 aliphatic carbocycles. The number of hydrogen-bond donors (Lipinski definition) is 1. The van der Waals surface area contributed by atoms with E-state index in [0.29, 0.717) is 17.1 Å². The van der Waals surface area contributed by atoms with Gasteiger partial charge in [0, 0.05) is 8.04 Å². The second-order valence-corrected chi connectivity index (χ2v) is 9.45. The topological polar surface area (TPSA) is 71.9 Å². The molecule has 6 nitrogen and oxygen atoms in total. The highest BCUT2D eigenvalue weighted by Gasteiger charge is 2.19. The summed E-state index contributed by atoms with van der Waals surface area (Å²) in [6.07, 6.45) is 0. The van der Waals surface area contributed by atoms with Crippen molar-refractivity contribution in [2.24, 2.45) is 10.2 Å². The lowest BCUT2D eigenvalue weighted by Gasteiger charge is -2.16. The summed E-state index contributed by atoms with van der Waals surface area (Å²) in [5.41, 5.74) is 2.01. The standard InChI is InChI=1S/C23H16BrIN4O2S/c1-14-2-10-18(11-3-14)28-21(30)20(27-26-17-8-4-15(24)5-9-17)22(31)29(23(28)32)19-12-6-16(25)7-13-19/h2-13,30H,1H3. The van der Waals surface area contributed by atoms with Gasteiger partial charge in [0.25, 0.3) is 5.56 Å². The number of azo groups is 1. The Labute approximate surface area is 211 Å². The molecule has 4 aromatic rings. The lowest BCUT2D eigenvalue weighted by molar-refractivity contribution is 0.432. The number of benzene rings is 3. The SMILES string of the molecule is Cc1ccc(-n2c(O)c(N=Nc3ccc(Br)cc3)c(=O)n(-c3ccc(I)cc3)c2=S)cc1. The van der Waals surface area contributed by atoms with Crippen LogP contribution in [0.3, 0.4) is 0 Å². The zero-order chi connectivity index (χ0) is 22.8. The van der Waals surface area contributed by atoms with E-state index in [9.17, 15) is 9.90 Å². The van der Waals surface area contributed by atoms with Crippen molar-refractivity contribution in [3.8, 4) is 17.3 Å². The number of aromatic nitrogens is 2. The second kappa shape index (κ2) is 9.47. The average Bonchev–Trinajstić information content (AvgIpc) is 2.77. The van der Waals surface area contributed by atoms with E-state index in [-0.39, 0.29) is 16.3 Å². The fourth-order valence-corrected chi connectivity index (χ4v) is 4.04. The monoisotopic (exact) mass is 618 g/mol. The van der Waals surface area contributed by atoms with Crippen molar-refractivity contribution in [1.82, 2.24) is 9.13 Å². The fraction of sp³-hybridized carbons (Fsp3) is 0.0435. The maximum atomic E-state index is 13.4. The van der Waals surface area contributed by atoms with E-state index in [1.807, 2.05) is 55.5 Å². The minimum atomic E-state index is -0.557. The van der Waals surface area contributed by atoms with E-state index in [1.165, 1.54) is 9.13 Å². The van der Waals surface area contributed by atoms with E-state index in [4.69, 9.17) is 12.2 Å². The number of nitrogens with zero attached hydrogens (tertiary/aromatic N) is 4. The summed E-state index contributed by atoms with van der Waals surface area (Å²) < 4.78 is 4.81. The number of halogens is 2. The Morgan fingerprint density at radius 3 is 2.06 bits per heavy atom. The van der Waals surface area contributed by atoms with Gasteiger partial charge in [-0.05, 0) is 102 Å². The Morgan fingerprint density at radius 1 is 0.875 bits per heavy atom. The zero-order valence-electron chi connectivity index (χ0n) is 16.7. The van der Waals surface area contributed by atoms with Crippen LogP contribution in [0.1, 0.15) is 5.56 Å². The van der Waals surface area contributed by atoms with Gasteiger partial charge in [-0.3, -0.25) is 13.9 Å². The molecule has 0 spiro atoms. The third-order valence-corrected chi connectivity index (χ3v) is 6.29. The molecule has 1 heterocycles. The van der Waals surface area contributed by atoms with Gasteiger partial charge in [-0.1, -0.05) is 33.6 Å². The lowest BCUT2D eigenvalue weighted by atomic mass is 10.2. The van der Waals surface area contributed by atoms with Gasteiger partial charge in [0.1, 0.15) is 0 Å². The van der Waals surface area contributed by atoms with Gasteiger partial charge in [-0.2, -0.15) is 5.11 Å². The van der Waals surface area contributed by atoms with Crippen molar-refractivity contribution in [2.45, 2.75) is 6.92 Å². The summed E-state index contributed by atoms with van der Waals surface area (Å²) >= 11 is 11.2. The summed E-state index contributed by atoms with van der Waals surface area (Å²) in [6.45, 7) is 1.97. The van der Waals surface area contributed by atoms with Gasteiger partial charge in [0.15, 0.2) is 4.77 Å². The predicted molar refractivity (Wildman–Crippen MR) is 140 cm³/mol. The van der Waals surface area contributed by atoms with Gasteiger partial charge < -0.3 is 5.11 Å². The van der Waals surface area contributed by atoms with Crippen molar-refractivity contribution in [2.75, 3.05) is 0 Å². The minimum Gasteiger partial charge on any atom is -0.492 e. The summed E-state index contributed by atoms with van der Waals surface area (Å²) in [5, 5.41) is 19.3. The van der Waals surface area contributed by atoms with Crippen LogP contribution in [0.5, 0.6) is 5.88 Å². The number of aromatic hydroxyl groups is 1. The summed E-state index contributed by atoms with van der Waals surface area (Å²) in [6, 6.07) is 21.9. The van der Waals surface area contributed by atoms with Gasteiger partial charge in [0.2, 0.25) is 11.6 Å². The molecule has 0 saturated heterocycles.